The monoisotopic (exact) mass is 358 g/mol. The Hall–Kier alpha value is -2.19. The Balaban J connectivity index is 1.54. The largest absolute Gasteiger partial charge is 0.378 e. The molecule has 2 fully saturated rings. The van der Waals surface area contributed by atoms with Gasteiger partial charge in [-0.15, -0.1) is 0 Å². The van der Waals surface area contributed by atoms with E-state index in [0.29, 0.717) is 26.3 Å². The van der Waals surface area contributed by atoms with Gasteiger partial charge in [-0.2, -0.15) is 10.2 Å². The van der Waals surface area contributed by atoms with Crippen LogP contribution in [-0.2, 0) is 30.2 Å². The number of amides is 1. The number of aromatic nitrogens is 4. The number of hydrogen-bond acceptors (Lipinski definition) is 5. The number of likely N-dealkylation sites (tertiary alicyclic amines) is 1. The van der Waals surface area contributed by atoms with Crippen LogP contribution >= 0.6 is 0 Å². The molecular formula is C18H26N6O2. The van der Waals surface area contributed by atoms with Crippen LogP contribution in [0.5, 0.6) is 0 Å². The van der Waals surface area contributed by atoms with Gasteiger partial charge in [-0.05, 0) is 11.6 Å². The topological polar surface area (TPSA) is 68.4 Å². The molecule has 2 saturated heterocycles. The SMILES string of the molecule is Cn1cc([C@@H]2CN(Cc3ccnn3C)C[C@H]2C(=O)N2CCOCC2)cn1. The fraction of sp³-hybridized carbons (Fsp3) is 0.611. The lowest BCUT2D eigenvalue weighted by Gasteiger charge is -2.30. The standard InChI is InChI=1S/C18H26N6O2/c1-21-10-14(9-20-21)16-12-23(11-15-3-4-19-22(15)2)13-17(16)18(25)24-5-7-26-8-6-24/h3-4,9-10,16-17H,5-8,11-13H2,1-2H3/t16-,17+/m0/s1. The number of hydrogen-bond donors (Lipinski definition) is 0. The molecule has 140 valence electrons. The van der Waals surface area contributed by atoms with Crippen LogP contribution in [0.4, 0.5) is 0 Å². The second-order valence-corrected chi connectivity index (χ2v) is 7.24. The van der Waals surface area contributed by atoms with Crippen LogP contribution < -0.4 is 0 Å². The third-order valence-electron chi connectivity index (χ3n) is 5.50. The van der Waals surface area contributed by atoms with Crippen LogP contribution in [0.25, 0.3) is 0 Å². The Kier molecular flexibility index (Phi) is 4.78. The number of rotatable bonds is 4. The molecule has 2 aliphatic rings. The first-order chi connectivity index (χ1) is 12.6. The van der Waals surface area contributed by atoms with Crippen molar-refractivity contribution in [2.75, 3.05) is 39.4 Å². The normalized spacial score (nSPS) is 24.3. The molecule has 26 heavy (non-hydrogen) atoms. The number of carbonyl (C=O) groups is 1. The Morgan fingerprint density at radius 1 is 1.23 bits per heavy atom. The lowest BCUT2D eigenvalue weighted by molar-refractivity contribution is -0.139. The van der Waals surface area contributed by atoms with Gasteiger partial charge in [0.2, 0.25) is 5.91 Å². The van der Waals surface area contributed by atoms with E-state index >= 15 is 0 Å². The predicted molar refractivity (Wildman–Crippen MR) is 95.3 cm³/mol. The van der Waals surface area contributed by atoms with E-state index in [9.17, 15) is 4.79 Å². The Morgan fingerprint density at radius 2 is 2.04 bits per heavy atom. The summed E-state index contributed by atoms with van der Waals surface area (Å²) in [6.45, 7) is 5.08. The van der Waals surface area contributed by atoms with Crippen molar-refractivity contribution >= 4 is 5.91 Å². The van der Waals surface area contributed by atoms with Crippen molar-refractivity contribution in [1.29, 1.82) is 0 Å². The molecule has 8 nitrogen and oxygen atoms in total. The van der Waals surface area contributed by atoms with Gasteiger partial charge < -0.3 is 9.64 Å². The Morgan fingerprint density at radius 3 is 2.69 bits per heavy atom. The van der Waals surface area contributed by atoms with Crippen LogP contribution in [0.3, 0.4) is 0 Å². The fourth-order valence-corrected chi connectivity index (χ4v) is 4.04. The highest BCUT2D eigenvalue weighted by atomic mass is 16.5. The van der Waals surface area contributed by atoms with E-state index in [1.165, 1.54) is 0 Å². The second-order valence-electron chi connectivity index (χ2n) is 7.24. The lowest BCUT2D eigenvalue weighted by Crippen LogP contribution is -2.45. The summed E-state index contributed by atoms with van der Waals surface area (Å²) in [4.78, 5) is 17.5. The molecule has 4 heterocycles. The van der Waals surface area contributed by atoms with Crippen LogP contribution in [0.1, 0.15) is 17.2 Å². The van der Waals surface area contributed by atoms with Crippen molar-refractivity contribution in [2.45, 2.75) is 12.5 Å². The molecule has 4 rings (SSSR count). The molecule has 0 aromatic carbocycles. The van der Waals surface area contributed by atoms with Gasteiger partial charge in [0.05, 0.1) is 31.0 Å². The van der Waals surface area contributed by atoms with Crippen LogP contribution in [0, 0.1) is 5.92 Å². The predicted octanol–water partition coefficient (Wildman–Crippen LogP) is 0.228. The van der Waals surface area contributed by atoms with Gasteiger partial charge in [0.1, 0.15) is 0 Å². The maximum atomic E-state index is 13.2. The van der Waals surface area contributed by atoms with Gasteiger partial charge in [-0.25, -0.2) is 0 Å². The molecule has 0 radical (unpaired) electrons. The third-order valence-corrected chi connectivity index (χ3v) is 5.50. The minimum Gasteiger partial charge on any atom is -0.378 e. The summed E-state index contributed by atoms with van der Waals surface area (Å²) < 4.78 is 9.12. The highest BCUT2D eigenvalue weighted by Gasteiger charge is 2.41. The molecule has 0 spiro atoms. The zero-order chi connectivity index (χ0) is 18.1. The van der Waals surface area contributed by atoms with E-state index in [1.54, 1.807) is 0 Å². The number of carbonyl (C=O) groups excluding carboxylic acids is 1. The molecule has 2 aliphatic heterocycles. The highest BCUT2D eigenvalue weighted by molar-refractivity contribution is 5.80. The quantitative estimate of drug-likeness (QED) is 0.783. The van der Waals surface area contributed by atoms with E-state index in [-0.39, 0.29) is 17.7 Å². The van der Waals surface area contributed by atoms with E-state index in [1.807, 2.05) is 53.0 Å². The maximum Gasteiger partial charge on any atom is 0.227 e. The summed E-state index contributed by atoms with van der Waals surface area (Å²) in [5, 5.41) is 8.58. The van der Waals surface area contributed by atoms with Crippen molar-refractivity contribution in [1.82, 2.24) is 29.4 Å². The van der Waals surface area contributed by atoms with E-state index < -0.39 is 0 Å². The molecule has 1 amide bonds. The van der Waals surface area contributed by atoms with Gasteiger partial charge in [-0.3, -0.25) is 19.1 Å². The highest BCUT2D eigenvalue weighted by Crippen LogP contribution is 2.34. The van der Waals surface area contributed by atoms with Gasteiger partial charge in [-0.1, -0.05) is 0 Å². The van der Waals surface area contributed by atoms with Crippen LogP contribution in [0.2, 0.25) is 0 Å². The molecule has 0 N–H and O–H groups in total. The van der Waals surface area contributed by atoms with E-state index in [2.05, 4.69) is 15.1 Å². The molecule has 2 aromatic rings. The minimum atomic E-state index is -0.0365. The molecule has 2 atom stereocenters. The number of aryl methyl sites for hydroxylation is 2. The molecule has 0 aliphatic carbocycles. The molecule has 0 saturated carbocycles. The van der Waals surface area contributed by atoms with E-state index in [4.69, 9.17) is 4.74 Å². The zero-order valence-electron chi connectivity index (χ0n) is 15.4. The summed E-state index contributed by atoms with van der Waals surface area (Å²) in [6, 6.07) is 2.04. The molecular weight excluding hydrogens is 332 g/mol. The van der Waals surface area contributed by atoms with Gasteiger partial charge >= 0.3 is 0 Å². The van der Waals surface area contributed by atoms with Gasteiger partial charge in [0, 0.05) is 65.1 Å². The minimum absolute atomic E-state index is 0.0365. The molecule has 2 aromatic heterocycles. The van der Waals surface area contributed by atoms with Gasteiger partial charge in [0.15, 0.2) is 0 Å². The first-order valence-electron chi connectivity index (χ1n) is 9.16. The summed E-state index contributed by atoms with van der Waals surface area (Å²) in [7, 11) is 3.88. The Bertz CT molecular complexity index is 763. The lowest BCUT2D eigenvalue weighted by atomic mass is 9.89. The van der Waals surface area contributed by atoms with Crippen molar-refractivity contribution in [3.05, 3.63) is 35.9 Å². The second kappa shape index (κ2) is 7.20. The maximum absolute atomic E-state index is 13.2. The number of ether oxygens (including phenoxy) is 1. The smallest absolute Gasteiger partial charge is 0.227 e. The molecule has 8 heteroatoms. The first kappa shape index (κ1) is 17.2. The fourth-order valence-electron chi connectivity index (χ4n) is 4.04. The van der Waals surface area contributed by atoms with Crippen LogP contribution in [-0.4, -0.2) is 74.7 Å². The number of nitrogens with zero attached hydrogens (tertiary/aromatic N) is 6. The first-order valence-corrected chi connectivity index (χ1v) is 9.16. The third kappa shape index (κ3) is 3.39. The van der Waals surface area contributed by atoms with Crippen LogP contribution in [0.15, 0.2) is 24.7 Å². The van der Waals surface area contributed by atoms with E-state index in [0.717, 1.165) is 30.9 Å². The van der Waals surface area contributed by atoms with Gasteiger partial charge in [0.25, 0.3) is 0 Å². The molecule has 0 bridgehead atoms. The summed E-state index contributed by atoms with van der Waals surface area (Å²) in [5.41, 5.74) is 2.31. The zero-order valence-corrected chi connectivity index (χ0v) is 15.4. The Labute approximate surface area is 153 Å². The van der Waals surface area contributed by atoms with Crippen molar-refractivity contribution in [2.24, 2.45) is 20.0 Å². The number of morpholine rings is 1. The average molecular weight is 358 g/mol. The molecule has 0 unspecified atom stereocenters. The van der Waals surface area contributed by atoms with Crippen molar-refractivity contribution in [3.8, 4) is 0 Å². The average Bonchev–Trinajstić information content (AvgIpc) is 3.36. The van der Waals surface area contributed by atoms with Crippen molar-refractivity contribution in [3.63, 3.8) is 0 Å². The summed E-state index contributed by atoms with van der Waals surface area (Å²) in [5.74, 6) is 0.382. The summed E-state index contributed by atoms with van der Waals surface area (Å²) >= 11 is 0. The summed E-state index contributed by atoms with van der Waals surface area (Å²) in [6.07, 6.45) is 5.76. The van der Waals surface area contributed by atoms with Crippen molar-refractivity contribution < 1.29 is 9.53 Å².